The molecule has 3 heterocycles. The van der Waals surface area contributed by atoms with Crippen LogP contribution in [-0.4, -0.2) is 29.2 Å². The monoisotopic (exact) mass is 334 g/mol. The first-order valence-corrected chi connectivity index (χ1v) is 8.73. The summed E-state index contributed by atoms with van der Waals surface area (Å²) >= 11 is 0. The van der Waals surface area contributed by atoms with Crippen LogP contribution in [0.4, 0.5) is 11.5 Å². The molecule has 4 rings (SSSR count). The maximum absolute atomic E-state index is 6.15. The molecule has 1 saturated heterocycles. The molecule has 1 aliphatic rings. The second kappa shape index (κ2) is 7.07. The fourth-order valence-corrected chi connectivity index (χ4v) is 3.14. The van der Waals surface area contributed by atoms with E-state index in [0.29, 0.717) is 6.10 Å². The molecule has 2 N–H and O–H groups in total. The van der Waals surface area contributed by atoms with Crippen molar-refractivity contribution in [3.8, 4) is 5.75 Å². The molecule has 0 spiro atoms. The quantitative estimate of drug-likeness (QED) is 0.760. The molecule has 5 nitrogen and oxygen atoms in total. The van der Waals surface area contributed by atoms with E-state index in [1.54, 1.807) is 6.20 Å². The Labute approximate surface area is 147 Å². The lowest BCUT2D eigenvalue weighted by Crippen LogP contribution is -2.34. The van der Waals surface area contributed by atoms with Gasteiger partial charge in [0.05, 0.1) is 0 Å². The number of nitrogens with one attached hydrogen (secondary N) is 2. The van der Waals surface area contributed by atoms with Crippen molar-refractivity contribution in [2.45, 2.75) is 25.9 Å². The number of piperidine rings is 1. The largest absolute Gasteiger partial charge is 0.490 e. The van der Waals surface area contributed by atoms with Crippen molar-refractivity contribution >= 4 is 22.3 Å². The minimum atomic E-state index is 0.304. The Morgan fingerprint density at radius 3 is 2.76 bits per heavy atom. The summed E-state index contributed by atoms with van der Waals surface area (Å²) < 4.78 is 6.15. The molecule has 0 amide bonds. The van der Waals surface area contributed by atoms with Crippen LogP contribution in [0.3, 0.4) is 0 Å². The van der Waals surface area contributed by atoms with Crippen molar-refractivity contribution in [3.05, 3.63) is 54.5 Å². The number of anilines is 2. The molecule has 5 heteroatoms. The minimum absolute atomic E-state index is 0.304. The molecule has 1 aliphatic heterocycles. The lowest BCUT2D eigenvalue weighted by Gasteiger charge is -2.24. The molecule has 1 fully saturated rings. The number of nitrogens with zero attached hydrogens (tertiary/aromatic N) is 2. The molecule has 3 aromatic rings. The Morgan fingerprint density at radius 1 is 1.04 bits per heavy atom. The highest BCUT2D eigenvalue weighted by Gasteiger charge is 2.14. The van der Waals surface area contributed by atoms with Crippen LogP contribution >= 0.6 is 0 Å². The summed E-state index contributed by atoms with van der Waals surface area (Å²) in [5.74, 6) is 1.74. The molecule has 0 aliphatic carbocycles. The van der Waals surface area contributed by atoms with Crippen LogP contribution in [0.1, 0.15) is 18.5 Å². The van der Waals surface area contributed by atoms with E-state index in [-0.39, 0.29) is 0 Å². The van der Waals surface area contributed by atoms with Crippen molar-refractivity contribution in [1.29, 1.82) is 0 Å². The van der Waals surface area contributed by atoms with Crippen LogP contribution in [0.5, 0.6) is 5.75 Å². The number of fused-ring (bicyclic) bond motifs is 1. The summed E-state index contributed by atoms with van der Waals surface area (Å²) in [7, 11) is 0. The van der Waals surface area contributed by atoms with E-state index in [0.717, 1.165) is 59.7 Å². The van der Waals surface area contributed by atoms with Gasteiger partial charge in [-0.05, 0) is 74.6 Å². The van der Waals surface area contributed by atoms with E-state index in [4.69, 9.17) is 4.74 Å². The fourth-order valence-electron chi connectivity index (χ4n) is 3.14. The molecular formula is C20H22N4O. The number of hydrogen-bond donors (Lipinski definition) is 2. The summed E-state index contributed by atoms with van der Waals surface area (Å²) in [5.41, 5.74) is 1.96. The highest BCUT2D eigenvalue weighted by atomic mass is 16.5. The molecule has 0 atom stereocenters. The van der Waals surface area contributed by atoms with E-state index < -0.39 is 0 Å². The van der Waals surface area contributed by atoms with Crippen LogP contribution in [0.25, 0.3) is 10.8 Å². The average molecular weight is 334 g/mol. The van der Waals surface area contributed by atoms with Gasteiger partial charge in [0.15, 0.2) is 0 Å². The Morgan fingerprint density at radius 2 is 1.92 bits per heavy atom. The summed E-state index contributed by atoms with van der Waals surface area (Å²) in [6.45, 7) is 4.03. The number of benzene rings is 1. The second-order valence-electron chi connectivity index (χ2n) is 6.46. The highest BCUT2D eigenvalue weighted by Crippen LogP contribution is 2.25. The van der Waals surface area contributed by atoms with Gasteiger partial charge < -0.3 is 15.4 Å². The summed E-state index contributed by atoms with van der Waals surface area (Å²) in [6, 6.07) is 12.2. The Bertz CT molecular complexity index is 874. The van der Waals surface area contributed by atoms with E-state index in [1.807, 2.05) is 31.3 Å². The predicted octanol–water partition coefficient (Wildman–Crippen LogP) is 3.81. The third kappa shape index (κ3) is 3.88. The zero-order chi connectivity index (χ0) is 17.1. The number of ether oxygens (including phenoxy) is 1. The number of pyridine rings is 2. The molecule has 1 aromatic carbocycles. The summed E-state index contributed by atoms with van der Waals surface area (Å²) in [4.78, 5) is 8.71. The van der Waals surface area contributed by atoms with Crippen LogP contribution in [0, 0.1) is 6.92 Å². The van der Waals surface area contributed by atoms with Crippen molar-refractivity contribution in [2.24, 2.45) is 0 Å². The van der Waals surface area contributed by atoms with Gasteiger partial charge in [-0.3, -0.25) is 4.98 Å². The van der Waals surface area contributed by atoms with Crippen LogP contribution < -0.4 is 15.4 Å². The van der Waals surface area contributed by atoms with E-state index in [2.05, 4.69) is 38.8 Å². The van der Waals surface area contributed by atoms with Gasteiger partial charge in [0.2, 0.25) is 0 Å². The zero-order valence-electron chi connectivity index (χ0n) is 14.3. The molecule has 128 valence electrons. The van der Waals surface area contributed by atoms with Crippen molar-refractivity contribution in [1.82, 2.24) is 15.3 Å². The van der Waals surface area contributed by atoms with Gasteiger partial charge in [0, 0.05) is 29.2 Å². The molecule has 0 unspecified atom stereocenters. The Balaban J connectivity index is 1.55. The van der Waals surface area contributed by atoms with Gasteiger partial charge in [-0.15, -0.1) is 0 Å². The molecular weight excluding hydrogens is 312 g/mol. The summed E-state index contributed by atoms with van der Waals surface area (Å²) in [5, 5.41) is 8.93. The van der Waals surface area contributed by atoms with Gasteiger partial charge in [-0.2, -0.15) is 0 Å². The summed E-state index contributed by atoms with van der Waals surface area (Å²) in [6.07, 6.45) is 6.10. The van der Waals surface area contributed by atoms with Gasteiger partial charge in [-0.1, -0.05) is 0 Å². The van der Waals surface area contributed by atoms with Gasteiger partial charge in [0.1, 0.15) is 17.7 Å². The fraction of sp³-hybridized carbons (Fsp3) is 0.300. The first-order chi connectivity index (χ1) is 12.3. The van der Waals surface area contributed by atoms with Crippen molar-refractivity contribution in [3.63, 3.8) is 0 Å². The van der Waals surface area contributed by atoms with E-state index in [9.17, 15) is 0 Å². The molecule has 0 saturated carbocycles. The lowest BCUT2D eigenvalue weighted by molar-refractivity contribution is 0.162. The van der Waals surface area contributed by atoms with Gasteiger partial charge >= 0.3 is 0 Å². The number of hydrogen-bond acceptors (Lipinski definition) is 5. The molecule has 0 radical (unpaired) electrons. The topological polar surface area (TPSA) is 59.1 Å². The van der Waals surface area contributed by atoms with Crippen molar-refractivity contribution < 1.29 is 4.74 Å². The average Bonchev–Trinajstić information content (AvgIpc) is 2.62. The second-order valence-corrected chi connectivity index (χ2v) is 6.46. The third-order valence-electron chi connectivity index (χ3n) is 4.45. The van der Waals surface area contributed by atoms with Crippen LogP contribution in [0.15, 0.2) is 48.8 Å². The van der Waals surface area contributed by atoms with Crippen LogP contribution in [-0.2, 0) is 0 Å². The first kappa shape index (κ1) is 15.8. The first-order valence-electron chi connectivity index (χ1n) is 8.73. The molecule has 2 aromatic heterocycles. The maximum atomic E-state index is 6.15. The maximum Gasteiger partial charge on any atom is 0.130 e. The third-order valence-corrected chi connectivity index (χ3v) is 4.45. The number of rotatable bonds is 4. The van der Waals surface area contributed by atoms with Gasteiger partial charge in [0.25, 0.3) is 0 Å². The highest BCUT2D eigenvalue weighted by molar-refractivity contribution is 5.85. The normalized spacial score (nSPS) is 15.2. The predicted molar refractivity (Wildman–Crippen MR) is 101 cm³/mol. The van der Waals surface area contributed by atoms with Crippen LogP contribution in [0.2, 0.25) is 0 Å². The Hall–Kier alpha value is -2.66. The van der Waals surface area contributed by atoms with E-state index >= 15 is 0 Å². The number of aromatic nitrogens is 2. The van der Waals surface area contributed by atoms with Gasteiger partial charge in [-0.25, -0.2) is 4.98 Å². The smallest absolute Gasteiger partial charge is 0.130 e. The molecule has 25 heavy (non-hydrogen) atoms. The minimum Gasteiger partial charge on any atom is -0.490 e. The van der Waals surface area contributed by atoms with Crippen molar-refractivity contribution in [2.75, 3.05) is 18.4 Å². The SMILES string of the molecule is Cc1cc(Nc2cc3cc(OC4CCNCC4)ccc3cn2)ccn1. The zero-order valence-corrected chi connectivity index (χ0v) is 14.3. The lowest BCUT2D eigenvalue weighted by atomic mass is 10.1. The standard InChI is InChI=1S/C20H22N4O/c1-14-10-17(4-9-22-14)24-20-12-16-11-19(3-2-15(16)13-23-20)25-18-5-7-21-8-6-18/h2-4,9-13,18,21H,5-8H2,1H3,(H,22,23,24). The number of aryl methyl sites for hydroxylation is 1. The van der Waals surface area contributed by atoms with E-state index in [1.165, 1.54) is 0 Å². The Kier molecular flexibility index (Phi) is 4.48. The molecule has 0 bridgehead atoms.